The van der Waals surface area contributed by atoms with E-state index in [0.29, 0.717) is 6.61 Å². The Morgan fingerprint density at radius 2 is 1.82 bits per heavy atom. The SMILES string of the molecule is CCOCC(O)C(O)C(C)C. The van der Waals surface area contributed by atoms with E-state index in [-0.39, 0.29) is 12.5 Å². The van der Waals surface area contributed by atoms with Crippen molar-refractivity contribution in [3.63, 3.8) is 0 Å². The number of aliphatic hydroxyl groups is 2. The summed E-state index contributed by atoms with van der Waals surface area (Å²) >= 11 is 0. The van der Waals surface area contributed by atoms with Gasteiger partial charge in [0.2, 0.25) is 0 Å². The fraction of sp³-hybridized carbons (Fsp3) is 1.00. The van der Waals surface area contributed by atoms with Gasteiger partial charge in [-0.3, -0.25) is 0 Å². The van der Waals surface area contributed by atoms with Gasteiger partial charge in [0.15, 0.2) is 0 Å². The Bertz CT molecular complexity index is 93.3. The summed E-state index contributed by atoms with van der Waals surface area (Å²) < 4.78 is 4.96. The smallest absolute Gasteiger partial charge is 0.103 e. The molecule has 2 N–H and O–H groups in total. The van der Waals surface area contributed by atoms with Gasteiger partial charge in [0.25, 0.3) is 0 Å². The summed E-state index contributed by atoms with van der Waals surface area (Å²) in [5.41, 5.74) is 0. The summed E-state index contributed by atoms with van der Waals surface area (Å²) in [6.45, 7) is 6.37. The van der Waals surface area contributed by atoms with Gasteiger partial charge >= 0.3 is 0 Å². The van der Waals surface area contributed by atoms with Crippen molar-refractivity contribution in [1.82, 2.24) is 0 Å². The normalized spacial score (nSPS) is 16.9. The maximum Gasteiger partial charge on any atom is 0.103 e. The molecule has 11 heavy (non-hydrogen) atoms. The third kappa shape index (κ3) is 4.35. The summed E-state index contributed by atoms with van der Waals surface area (Å²) in [4.78, 5) is 0. The van der Waals surface area contributed by atoms with E-state index in [1.807, 2.05) is 20.8 Å². The van der Waals surface area contributed by atoms with Crippen molar-refractivity contribution in [2.45, 2.75) is 33.0 Å². The van der Waals surface area contributed by atoms with E-state index in [1.54, 1.807) is 0 Å². The molecule has 68 valence electrons. The van der Waals surface area contributed by atoms with Crippen molar-refractivity contribution in [3.8, 4) is 0 Å². The molecule has 0 rings (SSSR count). The molecule has 0 aliphatic rings. The number of rotatable bonds is 5. The van der Waals surface area contributed by atoms with Crippen LogP contribution in [-0.2, 0) is 4.74 Å². The molecular weight excluding hydrogens is 144 g/mol. The van der Waals surface area contributed by atoms with E-state index in [1.165, 1.54) is 0 Å². The fourth-order valence-corrected chi connectivity index (χ4v) is 0.781. The largest absolute Gasteiger partial charge is 0.390 e. The van der Waals surface area contributed by atoms with Gasteiger partial charge in [-0.2, -0.15) is 0 Å². The Morgan fingerprint density at radius 3 is 2.18 bits per heavy atom. The summed E-state index contributed by atoms with van der Waals surface area (Å²) in [7, 11) is 0. The summed E-state index contributed by atoms with van der Waals surface area (Å²) in [5, 5.41) is 18.5. The van der Waals surface area contributed by atoms with Gasteiger partial charge in [-0.25, -0.2) is 0 Å². The summed E-state index contributed by atoms with van der Waals surface area (Å²) in [5.74, 6) is 0.0745. The second-order valence-corrected chi connectivity index (χ2v) is 2.96. The van der Waals surface area contributed by atoms with Crippen molar-refractivity contribution in [3.05, 3.63) is 0 Å². The quantitative estimate of drug-likeness (QED) is 0.615. The van der Waals surface area contributed by atoms with Gasteiger partial charge in [0.1, 0.15) is 6.10 Å². The van der Waals surface area contributed by atoms with Crippen LogP contribution in [0.25, 0.3) is 0 Å². The van der Waals surface area contributed by atoms with E-state index in [0.717, 1.165) is 0 Å². The highest BCUT2D eigenvalue weighted by Gasteiger charge is 2.19. The molecule has 0 saturated carbocycles. The number of hydrogen-bond donors (Lipinski definition) is 2. The maximum absolute atomic E-state index is 9.29. The van der Waals surface area contributed by atoms with Gasteiger partial charge < -0.3 is 14.9 Å². The van der Waals surface area contributed by atoms with Crippen LogP contribution in [0.2, 0.25) is 0 Å². The highest BCUT2D eigenvalue weighted by Crippen LogP contribution is 2.06. The monoisotopic (exact) mass is 162 g/mol. The maximum atomic E-state index is 9.29. The minimum atomic E-state index is -0.755. The van der Waals surface area contributed by atoms with E-state index in [9.17, 15) is 10.2 Å². The molecule has 0 aromatic rings. The lowest BCUT2D eigenvalue weighted by Crippen LogP contribution is -2.34. The average Bonchev–Trinajstić information content (AvgIpc) is 1.98. The lowest BCUT2D eigenvalue weighted by atomic mass is 10.0. The zero-order valence-corrected chi connectivity index (χ0v) is 7.45. The third-order valence-corrected chi connectivity index (χ3v) is 1.57. The fourth-order valence-electron chi connectivity index (χ4n) is 0.781. The van der Waals surface area contributed by atoms with Crippen LogP contribution in [0, 0.1) is 5.92 Å². The molecule has 0 bridgehead atoms. The first kappa shape index (κ1) is 10.9. The van der Waals surface area contributed by atoms with E-state index >= 15 is 0 Å². The van der Waals surface area contributed by atoms with Gasteiger partial charge in [-0.05, 0) is 12.8 Å². The molecule has 0 aromatic heterocycles. The highest BCUT2D eigenvalue weighted by molar-refractivity contribution is 4.69. The third-order valence-electron chi connectivity index (χ3n) is 1.57. The first-order chi connectivity index (χ1) is 5.09. The molecule has 0 saturated heterocycles. The highest BCUT2D eigenvalue weighted by atomic mass is 16.5. The molecule has 0 heterocycles. The number of aliphatic hydroxyl groups excluding tert-OH is 2. The Morgan fingerprint density at radius 1 is 1.27 bits per heavy atom. The molecule has 0 aliphatic heterocycles. The minimum absolute atomic E-state index is 0.0745. The Kier molecular flexibility index (Phi) is 5.46. The van der Waals surface area contributed by atoms with Crippen LogP contribution in [0.15, 0.2) is 0 Å². The van der Waals surface area contributed by atoms with Crippen LogP contribution in [0.3, 0.4) is 0 Å². The zero-order valence-electron chi connectivity index (χ0n) is 7.45. The predicted octanol–water partition coefficient (Wildman–Crippen LogP) is 0.401. The molecule has 0 aromatic carbocycles. The van der Waals surface area contributed by atoms with E-state index in [2.05, 4.69) is 0 Å². The molecule has 0 amide bonds. The predicted molar refractivity (Wildman–Crippen MR) is 43.3 cm³/mol. The van der Waals surface area contributed by atoms with Crippen molar-refractivity contribution < 1.29 is 14.9 Å². The standard InChI is InChI=1S/C8H18O3/c1-4-11-5-7(9)8(10)6(2)3/h6-10H,4-5H2,1-3H3. The van der Waals surface area contributed by atoms with Crippen LogP contribution in [0.1, 0.15) is 20.8 Å². The molecule has 0 spiro atoms. The molecule has 0 aliphatic carbocycles. The van der Waals surface area contributed by atoms with Gasteiger partial charge in [-0.15, -0.1) is 0 Å². The van der Waals surface area contributed by atoms with Crippen molar-refractivity contribution in [2.75, 3.05) is 13.2 Å². The van der Waals surface area contributed by atoms with Crippen LogP contribution in [-0.4, -0.2) is 35.6 Å². The van der Waals surface area contributed by atoms with Crippen molar-refractivity contribution >= 4 is 0 Å². The van der Waals surface area contributed by atoms with Gasteiger partial charge in [0.05, 0.1) is 12.7 Å². The summed E-state index contributed by atoms with van der Waals surface area (Å²) in [6.07, 6.45) is -1.43. The first-order valence-corrected chi connectivity index (χ1v) is 4.03. The Hall–Kier alpha value is -0.120. The molecule has 3 heteroatoms. The van der Waals surface area contributed by atoms with Gasteiger partial charge in [-0.1, -0.05) is 13.8 Å². The minimum Gasteiger partial charge on any atom is -0.390 e. The number of ether oxygens (including phenoxy) is 1. The second-order valence-electron chi connectivity index (χ2n) is 2.96. The Balaban J connectivity index is 3.55. The molecule has 0 fully saturated rings. The lowest BCUT2D eigenvalue weighted by molar-refractivity contribution is -0.0530. The number of hydrogen-bond acceptors (Lipinski definition) is 3. The van der Waals surface area contributed by atoms with Crippen LogP contribution in [0.4, 0.5) is 0 Å². The average molecular weight is 162 g/mol. The Labute approximate surface area is 68.0 Å². The molecule has 2 atom stereocenters. The van der Waals surface area contributed by atoms with Crippen LogP contribution in [0.5, 0.6) is 0 Å². The van der Waals surface area contributed by atoms with Crippen molar-refractivity contribution in [2.24, 2.45) is 5.92 Å². The van der Waals surface area contributed by atoms with Gasteiger partial charge in [0, 0.05) is 6.61 Å². The van der Waals surface area contributed by atoms with Crippen LogP contribution >= 0.6 is 0 Å². The molecule has 0 radical (unpaired) electrons. The molecule has 2 unspecified atom stereocenters. The molecular formula is C8H18O3. The lowest BCUT2D eigenvalue weighted by Gasteiger charge is -2.20. The van der Waals surface area contributed by atoms with Crippen molar-refractivity contribution in [1.29, 1.82) is 0 Å². The molecule has 3 nitrogen and oxygen atoms in total. The van der Waals surface area contributed by atoms with E-state index < -0.39 is 12.2 Å². The zero-order chi connectivity index (χ0) is 8.85. The summed E-state index contributed by atoms with van der Waals surface area (Å²) in [6, 6.07) is 0. The second kappa shape index (κ2) is 5.52. The van der Waals surface area contributed by atoms with Crippen LogP contribution < -0.4 is 0 Å². The first-order valence-electron chi connectivity index (χ1n) is 4.03. The van der Waals surface area contributed by atoms with E-state index in [4.69, 9.17) is 4.74 Å². The topological polar surface area (TPSA) is 49.7 Å².